The third-order valence-corrected chi connectivity index (χ3v) is 1.40. The van der Waals surface area contributed by atoms with Gasteiger partial charge in [0.2, 0.25) is 0 Å². The van der Waals surface area contributed by atoms with Crippen LogP contribution >= 0.6 is 0 Å². The molecule has 3 nitrogen and oxygen atoms in total. The molecule has 0 aromatic rings. The second kappa shape index (κ2) is 1.88. The molecular weight excluding hydrogens is 144 g/mol. The number of nitrogens with two attached hydrogens (primary N) is 1. The highest BCUT2D eigenvalue weighted by atomic mass is 19.3. The number of halogens is 2. The van der Waals surface area contributed by atoms with Crippen molar-refractivity contribution in [3.8, 4) is 0 Å². The van der Waals surface area contributed by atoms with E-state index >= 15 is 0 Å². The highest BCUT2D eigenvalue weighted by Gasteiger charge is 2.56. The van der Waals surface area contributed by atoms with Gasteiger partial charge < -0.3 is 4.74 Å². The number of carbonyl (C=O) groups excluding carboxylic acids is 1. The first-order valence-corrected chi connectivity index (χ1v) is 2.76. The summed E-state index contributed by atoms with van der Waals surface area (Å²) in [7, 11) is 0. The van der Waals surface area contributed by atoms with Gasteiger partial charge in [0.15, 0.2) is 5.72 Å². The van der Waals surface area contributed by atoms with Gasteiger partial charge in [0.25, 0.3) is 12.4 Å². The molecule has 0 unspecified atom stereocenters. The summed E-state index contributed by atoms with van der Waals surface area (Å²) in [5, 5.41) is 0. The normalized spacial score (nSPS) is 26.7. The number of alkyl halides is 2. The Morgan fingerprint density at radius 1 is 1.50 bits per heavy atom. The average molecular weight is 151 g/mol. The van der Waals surface area contributed by atoms with Crippen molar-refractivity contribution < 1.29 is 18.3 Å². The molecule has 0 radical (unpaired) electrons. The van der Waals surface area contributed by atoms with Crippen LogP contribution in [0.25, 0.3) is 0 Å². The molecule has 1 fully saturated rings. The van der Waals surface area contributed by atoms with Crippen LogP contribution in [0.15, 0.2) is 0 Å². The van der Waals surface area contributed by atoms with Crippen LogP contribution in [0, 0.1) is 0 Å². The second-order valence-electron chi connectivity index (χ2n) is 2.49. The molecule has 1 rings (SSSR count). The fraction of sp³-hybridized carbons (Fsp3) is 0.800. The zero-order chi connectivity index (χ0) is 7.83. The maximum Gasteiger partial charge on any atom is 0.294 e. The van der Waals surface area contributed by atoms with Gasteiger partial charge in [0, 0.05) is 0 Å². The summed E-state index contributed by atoms with van der Waals surface area (Å²) >= 11 is 0. The molecule has 0 aliphatic heterocycles. The van der Waals surface area contributed by atoms with E-state index in [1.54, 1.807) is 0 Å². The molecule has 2 N–H and O–H groups in total. The van der Waals surface area contributed by atoms with E-state index in [1.807, 2.05) is 0 Å². The minimum Gasteiger partial charge on any atom is -0.446 e. The fourth-order valence-corrected chi connectivity index (χ4v) is 1.00. The van der Waals surface area contributed by atoms with Crippen molar-refractivity contribution in [2.45, 2.75) is 24.5 Å². The molecule has 0 aromatic heterocycles. The Bertz CT molecular complexity index is 152. The van der Waals surface area contributed by atoms with E-state index in [0.717, 1.165) is 0 Å². The van der Waals surface area contributed by atoms with E-state index in [9.17, 15) is 13.6 Å². The molecule has 0 spiro atoms. The van der Waals surface area contributed by atoms with E-state index in [-0.39, 0.29) is 6.47 Å². The standard InChI is InChI=1S/C5H7F2NO2/c6-4(7)1-5(8,2-4)10-3-9/h3H,1-2,8H2. The predicted molar refractivity (Wildman–Crippen MR) is 28.2 cm³/mol. The summed E-state index contributed by atoms with van der Waals surface area (Å²) in [4.78, 5) is 9.68. The van der Waals surface area contributed by atoms with E-state index < -0.39 is 24.5 Å². The Morgan fingerprint density at radius 3 is 2.30 bits per heavy atom. The summed E-state index contributed by atoms with van der Waals surface area (Å²) in [5.41, 5.74) is 3.74. The summed E-state index contributed by atoms with van der Waals surface area (Å²) in [6, 6.07) is 0. The molecule has 0 atom stereocenters. The van der Waals surface area contributed by atoms with Crippen molar-refractivity contribution >= 4 is 6.47 Å². The maximum absolute atomic E-state index is 12.1. The molecule has 0 bridgehead atoms. The van der Waals surface area contributed by atoms with Crippen LogP contribution < -0.4 is 5.73 Å². The molecule has 1 aliphatic rings. The van der Waals surface area contributed by atoms with Gasteiger partial charge in [0.1, 0.15) is 0 Å². The molecule has 58 valence electrons. The Labute approximate surface area is 56.1 Å². The van der Waals surface area contributed by atoms with Crippen molar-refractivity contribution in [3.63, 3.8) is 0 Å². The SMILES string of the molecule is NC1(OC=O)CC(F)(F)C1. The van der Waals surface area contributed by atoms with E-state index in [0.29, 0.717) is 0 Å². The number of hydrogen-bond donors (Lipinski definition) is 1. The van der Waals surface area contributed by atoms with E-state index in [4.69, 9.17) is 5.73 Å². The Morgan fingerprint density at radius 2 is 2.00 bits per heavy atom. The van der Waals surface area contributed by atoms with Gasteiger partial charge >= 0.3 is 0 Å². The van der Waals surface area contributed by atoms with Gasteiger partial charge in [-0.1, -0.05) is 0 Å². The third-order valence-electron chi connectivity index (χ3n) is 1.40. The van der Waals surface area contributed by atoms with Gasteiger partial charge in [-0.05, 0) is 0 Å². The molecule has 10 heavy (non-hydrogen) atoms. The van der Waals surface area contributed by atoms with Crippen LogP contribution in [0.3, 0.4) is 0 Å². The third kappa shape index (κ3) is 1.23. The van der Waals surface area contributed by atoms with Gasteiger partial charge in [-0.15, -0.1) is 0 Å². The Kier molecular flexibility index (Phi) is 1.39. The molecule has 0 amide bonds. The number of ether oxygens (including phenoxy) is 1. The molecule has 1 saturated carbocycles. The molecule has 1 aliphatic carbocycles. The molecule has 0 aromatic carbocycles. The van der Waals surface area contributed by atoms with Crippen LogP contribution in [0.5, 0.6) is 0 Å². The number of rotatable bonds is 2. The van der Waals surface area contributed by atoms with Gasteiger partial charge in [0.05, 0.1) is 12.8 Å². The van der Waals surface area contributed by atoms with Crippen LogP contribution in [0.1, 0.15) is 12.8 Å². The van der Waals surface area contributed by atoms with Crippen molar-refractivity contribution in [1.82, 2.24) is 0 Å². The summed E-state index contributed by atoms with van der Waals surface area (Å²) in [6.45, 7) is 0.0925. The van der Waals surface area contributed by atoms with Gasteiger partial charge in [-0.25, -0.2) is 8.78 Å². The first kappa shape index (κ1) is 7.40. The first-order chi connectivity index (χ1) is 4.47. The lowest BCUT2D eigenvalue weighted by molar-refractivity contribution is -0.215. The quantitative estimate of drug-likeness (QED) is 0.454. The second-order valence-corrected chi connectivity index (χ2v) is 2.49. The predicted octanol–water partition coefficient (Wildman–Crippen LogP) is 0.244. The minimum absolute atomic E-state index is 0.0925. The van der Waals surface area contributed by atoms with E-state index in [1.165, 1.54) is 0 Å². The molecule has 0 saturated heterocycles. The maximum atomic E-state index is 12.1. The summed E-state index contributed by atoms with van der Waals surface area (Å²) < 4.78 is 28.4. The molecule has 0 heterocycles. The number of carbonyl (C=O) groups is 1. The van der Waals surface area contributed by atoms with Gasteiger partial charge in [-0.3, -0.25) is 10.5 Å². The Balaban J connectivity index is 2.41. The van der Waals surface area contributed by atoms with Crippen LogP contribution in [0.2, 0.25) is 0 Å². The molecular formula is C5H7F2NO2. The largest absolute Gasteiger partial charge is 0.446 e. The highest BCUT2D eigenvalue weighted by Crippen LogP contribution is 2.44. The monoisotopic (exact) mass is 151 g/mol. The van der Waals surface area contributed by atoms with Crippen LogP contribution in [-0.2, 0) is 9.53 Å². The van der Waals surface area contributed by atoms with Crippen molar-refractivity contribution in [1.29, 1.82) is 0 Å². The minimum atomic E-state index is -2.75. The lowest BCUT2D eigenvalue weighted by atomic mass is 9.84. The van der Waals surface area contributed by atoms with E-state index in [2.05, 4.69) is 4.74 Å². The van der Waals surface area contributed by atoms with Crippen LogP contribution in [-0.4, -0.2) is 18.1 Å². The van der Waals surface area contributed by atoms with Crippen molar-refractivity contribution in [3.05, 3.63) is 0 Å². The van der Waals surface area contributed by atoms with Gasteiger partial charge in [-0.2, -0.15) is 0 Å². The summed E-state index contributed by atoms with van der Waals surface area (Å²) in [6.07, 6.45) is -1.14. The fourth-order valence-electron chi connectivity index (χ4n) is 1.00. The first-order valence-electron chi connectivity index (χ1n) is 2.76. The topological polar surface area (TPSA) is 52.3 Å². The zero-order valence-corrected chi connectivity index (χ0v) is 5.14. The smallest absolute Gasteiger partial charge is 0.294 e. The lowest BCUT2D eigenvalue weighted by Crippen LogP contribution is -2.59. The summed E-state index contributed by atoms with van der Waals surface area (Å²) in [5.74, 6) is -2.75. The number of hydrogen-bond acceptors (Lipinski definition) is 3. The van der Waals surface area contributed by atoms with Crippen molar-refractivity contribution in [2.24, 2.45) is 5.73 Å². The highest BCUT2D eigenvalue weighted by molar-refractivity contribution is 5.38. The zero-order valence-electron chi connectivity index (χ0n) is 5.14. The molecule has 5 heteroatoms. The van der Waals surface area contributed by atoms with Crippen LogP contribution in [0.4, 0.5) is 8.78 Å². The van der Waals surface area contributed by atoms with Crippen molar-refractivity contribution in [2.75, 3.05) is 0 Å². The average Bonchev–Trinajstić information content (AvgIpc) is 1.58. The lowest BCUT2D eigenvalue weighted by Gasteiger charge is -2.41. The Hall–Kier alpha value is -0.710.